The normalized spacial score (nSPS) is 14.8. The lowest BCUT2D eigenvalue weighted by Gasteiger charge is -2.17. The molecule has 0 atom stereocenters. The molecule has 2 aromatic rings. The summed E-state index contributed by atoms with van der Waals surface area (Å²) in [6.45, 7) is 1.23. The van der Waals surface area contributed by atoms with Gasteiger partial charge in [0.15, 0.2) is 11.5 Å². The quantitative estimate of drug-likeness (QED) is 0.616. The van der Waals surface area contributed by atoms with Crippen molar-refractivity contribution in [1.29, 1.82) is 0 Å². The Labute approximate surface area is 74.9 Å². The van der Waals surface area contributed by atoms with Gasteiger partial charge in [-0.1, -0.05) is 0 Å². The van der Waals surface area contributed by atoms with Crippen molar-refractivity contribution in [3.05, 3.63) is 24.5 Å². The molecule has 1 aliphatic heterocycles. The van der Waals surface area contributed by atoms with Crippen molar-refractivity contribution >= 4 is 11.0 Å². The Bertz CT molecular complexity index is 404. The molecule has 2 heterocycles. The molecular formula is C10H8O3. The van der Waals surface area contributed by atoms with E-state index < -0.39 is 0 Å². The lowest BCUT2D eigenvalue weighted by Crippen LogP contribution is -2.14. The third-order valence-electron chi connectivity index (χ3n) is 2.12. The Balaban J connectivity index is 2.28. The molecule has 0 bridgehead atoms. The average molecular weight is 176 g/mol. The maximum Gasteiger partial charge on any atom is 0.165 e. The minimum atomic E-state index is 0.610. The zero-order chi connectivity index (χ0) is 8.67. The fourth-order valence-corrected chi connectivity index (χ4v) is 1.50. The number of rotatable bonds is 0. The standard InChI is InChI=1S/C10H8O3/c1-2-11-8-6-10-9(5-7(1)8)12-3-4-13-10/h1-2,5-6H,3-4H2. The maximum absolute atomic E-state index is 5.43. The first-order valence-electron chi connectivity index (χ1n) is 4.20. The van der Waals surface area contributed by atoms with E-state index >= 15 is 0 Å². The Kier molecular flexibility index (Phi) is 1.27. The smallest absolute Gasteiger partial charge is 0.165 e. The molecule has 0 aliphatic carbocycles. The molecule has 0 radical (unpaired) electrons. The molecule has 0 saturated carbocycles. The second-order valence-corrected chi connectivity index (χ2v) is 2.95. The summed E-state index contributed by atoms with van der Waals surface area (Å²) in [5, 5.41) is 1.05. The zero-order valence-corrected chi connectivity index (χ0v) is 6.95. The summed E-state index contributed by atoms with van der Waals surface area (Å²) in [4.78, 5) is 0. The number of fused-ring (bicyclic) bond motifs is 2. The molecule has 0 fully saturated rings. The van der Waals surface area contributed by atoms with Crippen LogP contribution in [0.15, 0.2) is 28.9 Å². The highest BCUT2D eigenvalue weighted by Gasteiger charge is 2.13. The number of hydrogen-bond donors (Lipinski definition) is 0. The molecule has 1 aliphatic rings. The van der Waals surface area contributed by atoms with Gasteiger partial charge in [0.2, 0.25) is 0 Å². The fourth-order valence-electron chi connectivity index (χ4n) is 1.50. The lowest BCUT2D eigenvalue weighted by molar-refractivity contribution is 0.172. The predicted molar refractivity (Wildman–Crippen MR) is 47.2 cm³/mol. The Hall–Kier alpha value is -1.64. The molecule has 1 aromatic heterocycles. The molecule has 0 unspecified atom stereocenters. The highest BCUT2D eigenvalue weighted by Crippen LogP contribution is 2.34. The molecule has 0 amide bonds. The molecule has 0 saturated heterocycles. The SMILES string of the molecule is c1cc2cc3c(cc2o1)OCCO3. The van der Waals surface area contributed by atoms with E-state index in [0.29, 0.717) is 13.2 Å². The second kappa shape index (κ2) is 2.42. The second-order valence-electron chi connectivity index (χ2n) is 2.95. The van der Waals surface area contributed by atoms with Gasteiger partial charge in [-0.3, -0.25) is 0 Å². The number of ether oxygens (including phenoxy) is 2. The van der Waals surface area contributed by atoms with Crippen molar-refractivity contribution in [3.8, 4) is 11.5 Å². The fraction of sp³-hybridized carbons (Fsp3) is 0.200. The summed E-state index contributed by atoms with van der Waals surface area (Å²) in [5.41, 5.74) is 0.837. The first-order valence-corrected chi connectivity index (χ1v) is 4.20. The summed E-state index contributed by atoms with van der Waals surface area (Å²) in [7, 11) is 0. The zero-order valence-electron chi connectivity index (χ0n) is 6.95. The summed E-state index contributed by atoms with van der Waals surface area (Å²) in [6, 6.07) is 5.71. The first-order chi connectivity index (χ1) is 6.43. The molecule has 0 N–H and O–H groups in total. The van der Waals surface area contributed by atoms with Gasteiger partial charge >= 0.3 is 0 Å². The number of benzene rings is 1. The van der Waals surface area contributed by atoms with Crippen LogP contribution in [0.5, 0.6) is 11.5 Å². The van der Waals surface area contributed by atoms with Crippen LogP contribution in [0.25, 0.3) is 11.0 Å². The highest BCUT2D eigenvalue weighted by atomic mass is 16.6. The first kappa shape index (κ1) is 6.83. The molecule has 0 spiro atoms. The van der Waals surface area contributed by atoms with E-state index in [4.69, 9.17) is 13.9 Å². The Morgan fingerprint density at radius 2 is 1.77 bits per heavy atom. The average Bonchev–Trinajstić information content (AvgIpc) is 2.61. The van der Waals surface area contributed by atoms with Gasteiger partial charge in [0.05, 0.1) is 6.26 Å². The molecule has 1 aromatic carbocycles. The summed E-state index contributed by atoms with van der Waals surface area (Å²) < 4.78 is 16.1. The predicted octanol–water partition coefficient (Wildman–Crippen LogP) is 2.20. The number of furan rings is 1. The van der Waals surface area contributed by atoms with Crippen LogP contribution in [0.1, 0.15) is 0 Å². The van der Waals surface area contributed by atoms with Crippen LogP contribution in [0.2, 0.25) is 0 Å². The molecule has 3 heteroatoms. The van der Waals surface area contributed by atoms with E-state index in [-0.39, 0.29) is 0 Å². The lowest BCUT2D eigenvalue weighted by atomic mass is 10.2. The van der Waals surface area contributed by atoms with Crippen LogP contribution in [-0.4, -0.2) is 13.2 Å². The third-order valence-corrected chi connectivity index (χ3v) is 2.12. The summed E-state index contributed by atoms with van der Waals surface area (Å²) in [6.07, 6.45) is 1.66. The minimum absolute atomic E-state index is 0.610. The Morgan fingerprint density at radius 1 is 1.00 bits per heavy atom. The summed E-state index contributed by atoms with van der Waals surface area (Å²) >= 11 is 0. The molecule has 3 rings (SSSR count). The topological polar surface area (TPSA) is 31.6 Å². The van der Waals surface area contributed by atoms with Gasteiger partial charge in [-0.15, -0.1) is 0 Å². The van der Waals surface area contributed by atoms with Crippen LogP contribution in [0.4, 0.5) is 0 Å². The molecule has 3 nitrogen and oxygen atoms in total. The van der Waals surface area contributed by atoms with Crippen molar-refractivity contribution in [3.63, 3.8) is 0 Å². The van der Waals surface area contributed by atoms with E-state index in [9.17, 15) is 0 Å². The van der Waals surface area contributed by atoms with Crippen LogP contribution < -0.4 is 9.47 Å². The van der Waals surface area contributed by atoms with Crippen molar-refractivity contribution in [2.45, 2.75) is 0 Å². The van der Waals surface area contributed by atoms with Crippen molar-refractivity contribution < 1.29 is 13.9 Å². The Morgan fingerprint density at radius 3 is 2.62 bits per heavy atom. The molecule has 66 valence electrons. The van der Waals surface area contributed by atoms with Gasteiger partial charge < -0.3 is 13.9 Å². The van der Waals surface area contributed by atoms with Gasteiger partial charge in [0, 0.05) is 11.5 Å². The maximum atomic E-state index is 5.43. The van der Waals surface area contributed by atoms with Crippen LogP contribution >= 0.6 is 0 Å². The van der Waals surface area contributed by atoms with E-state index in [2.05, 4.69) is 0 Å². The monoisotopic (exact) mass is 176 g/mol. The van der Waals surface area contributed by atoms with E-state index in [1.54, 1.807) is 6.26 Å². The van der Waals surface area contributed by atoms with E-state index in [1.807, 2.05) is 18.2 Å². The van der Waals surface area contributed by atoms with Gasteiger partial charge in [-0.05, 0) is 12.1 Å². The molecule has 13 heavy (non-hydrogen) atoms. The van der Waals surface area contributed by atoms with E-state index in [0.717, 1.165) is 22.5 Å². The largest absolute Gasteiger partial charge is 0.486 e. The van der Waals surface area contributed by atoms with Crippen molar-refractivity contribution in [2.75, 3.05) is 13.2 Å². The molecular weight excluding hydrogens is 168 g/mol. The van der Waals surface area contributed by atoms with Gasteiger partial charge in [-0.25, -0.2) is 0 Å². The highest BCUT2D eigenvalue weighted by molar-refractivity contribution is 5.81. The van der Waals surface area contributed by atoms with Crippen LogP contribution in [0.3, 0.4) is 0 Å². The van der Waals surface area contributed by atoms with Gasteiger partial charge in [0.1, 0.15) is 18.8 Å². The summed E-state index contributed by atoms with van der Waals surface area (Å²) in [5.74, 6) is 1.58. The van der Waals surface area contributed by atoms with Crippen LogP contribution in [0, 0.1) is 0 Å². The van der Waals surface area contributed by atoms with Gasteiger partial charge in [0.25, 0.3) is 0 Å². The van der Waals surface area contributed by atoms with E-state index in [1.165, 1.54) is 0 Å². The van der Waals surface area contributed by atoms with Crippen molar-refractivity contribution in [2.24, 2.45) is 0 Å². The van der Waals surface area contributed by atoms with Gasteiger partial charge in [-0.2, -0.15) is 0 Å². The minimum Gasteiger partial charge on any atom is -0.486 e. The number of hydrogen-bond acceptors (Lipinski definition) is 3. The third kappa shape index (κ3) is 0.967. The van der Waals surface area contributed by atoms with Crippen molar-refractivity contribution in [1.82, 2.24) is 0 Å². The van der Waals surface area contributed by atoms with Crippen LogP contribution in [-0.2, 0) is 0 Å².